The highest BCUT2D eigenvalue weighted by atomic mass is 32.2. The van der Waals surface area contributed by atoms with Crippen LogP contribution in [0.2, 0.25) is 0 Å². The van der Waals surface area contributed by atoms with Crippen LogP contribution in [0.15, 0.2) is 63.6 Å². The second kappa shape index (κ2) is 7.93. The van der Waals surface area contributed by atoms with Gasteiger partial charge in [-0.15, -0.1) is 10.2 Å². The Morgan fingerprint density at radius 2 is 2.04 bits per heavy atom. The lowest BCUT2D eigenvalue weighted by molar-refractivity contribution is 0.485. The molecule has 8 heteroatoms. The minimum Gasteiger partial charge on any atom is -0.467 e. The summed E-state index contributed by atoms with van der Waals surface area (Å²) in [5.74, 6) is 1.03. The number of aryl methyl sites for hydroxylation is 2. The number of benzene rings is 1. The Bertz CT molecular complexity index is 1090. The second-order valence-electron chi connectivity index (χ2n) is 6.24. The van der Waals surface area contributed by atoms with Gasteiger partial charge in [0.25, 0.3) is 0 Å². The quantitative estimate of drug-likeness (QED) is 0.447. The lowest BCUT2D eigenvalue weighted by Crippen LogP contribution is -2.04. The average molecular weight is 395 g/mol. The molecule has 6 nitrogen and oxygen atoms in total. The van der Waals surface area contributed by atoms with Crippen molar-refractivity contribution >= 4 is 11.8 Å². The molecule has 0 unspecified atom stereocenters. The summed E-state index contributed by atoms with van der Waals surface area (Å²) >= 11 is 1.13. The molecule has 0 aliphatic rings. The van der Waals surface area contributed by atoms with E-state index in [-0.39, 0.29) is 5.03 Å². The van der Waals surface area contributed by atoms with Crippen LogP contribution in [0.5, 0.6) is 0 Å². The van der Waals surface area contributed by atoms with Crippen LogP contribution >= 0.6 is 11.8 Å². The Morgan fingerprint density at radius 3 is 2.79 bits per heavy atom. The van der Waals surface area contributed by atoms with E-state index in [1.165, 1.54) is 6.33 Å². The van der Waals surface area contributed by atoms with Crippen LogP contribution in [-0.4, -0.2) is 24.7 Å². The van der Waals surface area contributed by atoms with Crippen molar-refractivity contribution in [1.29, 1.82) is 0 Å². The molecule has 3 heterocycles. The molecule has 0 radical (unpaired) electrons. The topological polar surface area (TPSA) is 69.6 Å². The number of nitrogens with zero attached hydrogens (tertiary/aromatic N) is 5. The third kappa shape index (κ3) is 3.68. The number of hydrogen-bond acceptors (Lipinski definition) is 6. The molecule has 1 aromatic carbocycles. The summed E-state index contributed by atoms with van der Waals surface area (Å²) in [5, 5.41) is 9.43. The molecule has 0 atom stereocenters. The van der Waals surface area contributed by atoms with Gasteiger partial charge < -0.3 is 4.42 Å². The molecule has 4 aromatic rings. The van der Waals surface area contributed by atoms with Crippen LogP contribution in [0.1, 0.15) is 23.9 Å². The first-order chi connectivity index (χ1) is 13.7. The maximum absolute atomic E-state index is 14.6. The molecular weight excluding hydrogens is 377 g/mol. The summed E-state index contributed by atoms with van der Waals surface area (Å²) < 4.78 is 22.0. The maximum Gasteiger partial charge on any atom is 0.198 e. The summed E-state index contributed by atoms with van der Waals surface area (Å²) in [6.07, 6.45) is 3.49. The van der Waals surface area contributed by atoms with Crippen LogP contribution in [-0.2, 0) is 13.0 Å². The highest BCUT2D eigenvalue weighted by Crippen LogP contribution is 2.31. The third-order valence-corrected chi connectivity index (χ3v) is 5.20. The monoisotopic (exact) mass is 395 g/mol. The standard InChI is InChI=1S/C20H18FN5OS/c1-3-16-17(21)19(23-12-22-16)28-20-25-24-18(14-7-4-6-13(2)10-14)26(20)11-15-8-5-9-27-15/h4-10,12H,3,11H2,1-2H3. The Balaban J connectivity index is 1.77. The van der Waals surface area contributed by atoms with Crippen molar-refractivity contribution in [2.45, 2.75) is 37.0 Å². The molecule has 0 aliphatic heterocycles. The van der Waals surface area contributed by atoms with Gasteiger partial charge in [-0.3, -0.25) is 4.57 Å². The third-order valence-electron chi connectivity index (χ3n) is 4.24. The smallest absolute Gasteiger partial charge is 0.198 e. The molecule has 0 spiro atoms. The fourth-order valence-electron chi connectivity index (χ4n) is 2.85. The molecule has 0 saturated carbocycles. The van der Waals surface area contributed by atoms with Crippen molar-refractivity contribution in [3.63, 3.8) is 0 Å². The Kier molecular flexibility index (Phi) is 5.21. The van der Waals surface area contributed by atoms with Gasteiger partial charge in [-0.2, -0.15) is 0 Å². The first-order valence-electron chi connectivity index (χ1n) is 8.85. The molecule has 3 aromatic heterocycles. The molecule has 0 aliphatic carbocycles. The summed E-state index contributed by atoms with van der Waals surface area (Å²) in [5.41, 5.74) is 2.44. The predicted octanol–water partition coefficient (Wildman–Crippen LogP) is 4.54. The molecule has 0 fully saturated rings. The lowest BCUT2D eigenvalue weighted by Gasteiger charge is -2.10. The zero-order valence-electron chi connectivity index (χ0n) is 15.5. The minimum atomic E-state index is -0.417. The molecule has 0 N–H and O–H groups in total. The highest BCUT2D eigenvalue weighted by molar-refractivity contribution is 7.99. The SMILES string of the molecule is CCc1ncnc(Sc2nnc(-c3cccc(C)c3)n2Cc2ccco2)c1F. The lowest BCUT2D eigenvalue weighted by atomic mass is 10.1. The maximum atomic E-state index is 14.6. The molecule has 28 heavy (non-hydrogen) atoms. The van der Waals surface area contributed by atoms with E-state index in [9.17, 15) is 4.39 Å². The van der Waals surface area contributed by atoms with E-state index in [4.69, 9.17) is 4.42 Å². The van der Waals surface area contributed by atoms with Crippen molar-refractivity contribution in [3.8, 4) is 11.4 Å². The molecule has 0 bridgehead atoms. The van der Waals surface area contributed by atoms with Gasteiger partial charge in [0.2, 0.25) is 0 Å². The van der Waals surface area contributed by atoms with E-state index in [1.54, 1.807) is 6.26 Å². The molecule has 4 rings (SSSR count). The van der Waals surface area contributed by atoms with Crippen LogP contribution in [0, 0.1) is 12.7 Å². The normalized spacial score (nSPS) is 11.1. The molecular formula is C20H18FN5OS. The number of rotatable bonds is 6. The Morgan fingerprint density at radius 1 is 1.14 bits per heavy atom. The summed E-state index contributed by atoms with van der Waals surface area (Å²) in [7, 11) is 0. The minimum absolute atomic E-state index is 0.232. The fraction of sp³-hybridized carbons (Fsp3) is 0.200. The van der Waals surface area contributed by atoms with Gasteiger partial charge in [0, 0.05) is 5.56 Å². The van der Waals surface area contributed by atoms with E-state index >= 15 is 0 Å². The second-order valence-corrected chi connectivity index (χ2v) is 7.19. The fourth-order valence-corrected chi connectivity index (χ4v) is 3.68. The van der Waals surface area contributed by atoms with Gasteiger partial charge in [-0.05, 0) is 43.3 Å². The largest absolute Gasteiger partial charge is 0.467 e. The zero-order valence-corrected chi connectivity index (χ0v) is 16.3. The van der Waals surface area contributed by atoms with E-state index < -0.39 is 5.82 Å². The number of aromatic nitrogens is 5. The number of furan rings is 1. The predicted molar refractivity (Wildman–Crippen MR) is 103 cm³/mol. The van der Waals surface area contributed by atoms with Gasteiger partial charge in [0.05, 0.1) is 18.5 Å². The van der Waals surface area contributed by atoms with Crippen molar-refractivity contribution in [1.82, 2.24) is 24.7 Å². The first-order valence-corrected chi connectivity index (χ1v) is 9.67. The first kappa shape index (κ1) is 18.4. The zero-order chi connectivity index (χ0) is 19.5. The van der Waals surface area contributed by atoms with Gasteiger partial charge in [-0.1, -0.05) is 30.7 Å². The van der Waals surface area contributed by atoms with Gasteiger partial charge in [-0.25, -0.2) is 14.4 Å². The van der Waals surface area contributed by atoms with E-state index in [0.717, 1.165) is 28.6 Å². The van der Waals surface area contributed by atoms with Crippen molar-refractivity contribution < 1.29 is 8.81 Å². The van der Waals surface area contributed by atoms with Crippen LogP contribution in [0.4, 0.5) is 4.39 Å². The summed E-state index contributed by atoms with van der Waals surface area (Å²) in [6, 6.07) is 11.7. The van der Waals surface area contributed by atoms with Gasteiger partial charge >= 0.3 is 0 Å². The van der Waals surface area contributed by atoms with E-state index in [2.05, 4.69) is 20.2 Å². The Labute approximate surface area is 165 Å². The molecule has 0 amide bonds. The number of hydrogen-bond donors (Lipinski definition) is 0. The van der Waals surface area contributed by atoms with Crippen molar-refractivity contribution in [2.75, 3.05) is 0 Å². The number of halogens is 1. The Hall–Kier alpha value is -3.00. The molecule has 142 valence electrons. The van der Waals surface area contributed by atoms with Crippen molar-refractivity contribution in [2.24, 2.45) is 0 Å². The average Bonchev–Trinajstić information content (AvgIpc) is 3.34. The molecule has 0 saturated heterocycles. The van der Waals surface area contributed by atoms with Crippen molar-refractivity contribution in [3.05, 3.63) is 71.8 Å². The van der Waals surface area contributed by atoms with E-state index in [0.29, 0.717) is 29.6 Å². The van der Waals surface area contributed by atoms with Crippen LogP contribution < -0.4 is 0 Å². The van der Waals surface area contributed by atoms with E-state index in [1.807, 2.05) is 54.8 Å². The van der Waals surface area contributed by atoms with Gasteiger partial charge in [0.15, 0.2) is 16.8 Å². The summed E-state index contributed by atoms with van der Waals surface area (Å²) in [6.45, 7) is 4.31. The van der Waals surface area contributed by atoms with Crippen LogP contribution in [0.3, 0.4) is 0 Å². The highest BCUT2D eigenvalue weighted by Gasteiger charge is 2.19. The summed E-state index contributed by atoms with van der Waals surface area (Å²) in [4.78, 5) is 8.08. The van der Waals surface area contributed by atoms with Crippen LogP contribution in [0.25, 0.3) is 11.4 Å². The van der Waals surface area contributed by atoms with Gasteiger partial charge in [0.1, 0.15) is 17.1 Å².